The van der Waals surface area contributed by atoms with Crippen LogP contribution in [0.3, 0.4) is 0 Å². The maximum atomic E-state index is 14.2. The van der Waals surface area contributed by atoms with Gasteiger partial charge in [0.2, 0.25) is 0 Å². The molecule has 3 fully saturated rings. The lowest BCUT2D eigenvalue weighted by molar-refractivity contribution is 0.349. The average molecular weight is 481 g/mol. The molecule has 3 nitrogen and oxygen atoms in total. The van der Waals surface area contributed by atoms with E-state index in [1.807, 2.05) is 24.3 Å². The van der Waals surface area contributed by atoms with Gasteiger partial charge in [-0.2, -0.15) is 0 Å². The van der Waals surface area contributed by atoms with E-state index in [0.717, 1.165) is 25.7 Å². The molecule has 0 aliphatic heterocycles. The number of hydrogen-bond donors (Lipinski definition) is 0. The first kappa shape index (κ1) is 24.0. The molecule has 4 heteroatoms. The van der Waals surface area contributed by atoms with E-state index < -0.39 is 7.60 Å². The van der Waals surface area contributed by atoms with Crippen molar-refractivity contribution < 1.29 is 13.6 Å². The predicted octanol–water partition coefficient (Wildman–Crippen LogP) is 9.77. The molecule has 0 heterocycles. The highest BCUT2D eigenvalue weighted by molar-refractivity contribution is 7.55. The van der Waals surface area contributed by atoms with Gasteiger partial charge < -0.3 is 9.05 Å². The highest BCUT2D eigenvalue weighted by Crippen LogP contribution is 2.57. The van der Waals surface area contributed by atoms with E-state index in [0.29, 0.717) is 23.3 Å². The van der Waals surface area contributed by atoms with Crippen molar-refractivity contribution in [2.24, 2.45) is 0 Å². The summed E-state index contributed by atoms with van der Waals surface area (Å²) in [5, 5.41) is 0. The van der Waals surface area contributed by atoms with Crippen molar-refractivity contribution in [3.05, 3.63) is 59.7 Å². The first-order chi connectivity index (χ1) is 16.7. The second kappa shape index (κ2) is 11.3. The summed E-state index contributed by atoms with van der Waals surface area (Å²) in [6.07, 6.45) is 18.4. The van der Waals surface area contributed by atoms with E-state index in [9.17, 15) is 4.57 Å². The molecule has 0 unspecified atom stereocenters. The number of rotatable bonds is 7. The summed E-state index contributed by atoms with van der Waals surface area (Å²) in [6.45, 7) is 0. The lowest BCUT2D eigenvalue weighted by Gasteiger charge is -2.30. The summed E-state index contributed by atoms with van der Waals surface area (Å²) in [5.74, 6) is 2.67. The van der Waals surface area contributed by atoms with Gasteiger partial charge in [-0.15, -0.1) is 0 Å². The van der Waals surface area contributed by atoms with Crippen molar-refractivity contribution in [1.29, 1.82) is 0 Å². The predicted molar refractivity (Wildman–Crippen MR) is 140 cm³/mol. The second-order valence-corrected chi connectivity index (χ2v) is 13.0. The van der Waals surface area contributed by atoms with E-state index in [2.05, 4.69) is 24.3 Å². The zero-order valence-electron chi connectivity index (χ0n) is 20.6. The fourth-order valence-corrected chi connectivity index (χ4v) is 8.50. The summed E-state index contributed by atoms with van der Waals surface area (Å²) in [7, 11) is -3.33. The molecule has 184 valence electrons. The molecule has 0 aromatic heterocycles. The molecule has 3 aliphatic carbocycles. The van der Waals surface area contributed by atoms with Gasteiger partial charge in [-0.25, -0.2) is 4.57 Å². The topological polar surface area (TPSA) is 35.5 Å². The SMILES string of the molecule is O=P(Oc1ccc(C2CCCCC2)cc1)(Oc1ccc(C2CCCCC2)cc1)C1CCCCC1. The Morgan fingerprint density at radius 3 is 1.24 bits per heavy atom. The van der Waals surface area contributed by atoms with E-state index in [4.69, 9.17) is 9.05 Å². The standard InChI is InChI=1S/C30H41O3P/c31-34(30-14-8-3-9-15-30,32-28-20-16-26(17-21-28)24-10-4-1-5-11-24)33-29-22-18-27(19-23-29)25-12-6-2-7-13-25/h16-25,30H,1-15H2. The fraction of sp³-hybridized carbons (Fsp3) is 0.600. The van der Waals surface area contributed by atoms with Crippen LogP contribution in [0.5, 0.6) is 11.5 Å². The van der Waals surface area contributed by atoms with Gasteiger partial charge in [0, 0.05) is 0 Å². The molecule has 0 saturated heterocycles. The fourth-order valence-electron chi connectivity index (χ4n) is 6.33. The quantitative estimate of drug-likeness (QED) is 0.370. The van der Waals surface area contributed by atoms with Gasteiger partial charge in [-0.05, 0) is 85.8 Å². The van der Waals surface area contributed by atoms with Crippen LogP contribution >= 0.6 is 7.60 Å². The van der Waals surface area contributed by atoms with Crippen LogP contribution in [0, 0.1) is 0 Å². The van der Waals surface area contributed by atoms with E-state index in [-0.39, 0.29) is 5.66 Å². The molecule has 5 rings (SSSR count). The molecule has 0 N–H and O–H groups in total. The highest BCUT2D eigenvalue weighted by atomic mass is 31.2. The third-order valence-electron chi connectivity index (χ3n) is 8.40. The minimum Gasteiger partial charge on any atom is -0.416 e. The van der Waals surface area contributed by atoms with Gasteiger partial charge in [-0.1, -0.05) is 82.1 Å². The molecule has 34 heavy (non-hydrogen) atoms. The third-order valence-corrected chi connectivity index (χ3v) is 10.7. The molecule has 0 bridgehead atoms. The van der Waals surface area contributed by atoms with Crippen LogP contribution in [0.1, 0.15) is 119 Å². The zero-order valence-corrected chi connectivity index (χ0v) is 21.5. The highest BCUT2D eigenvalue weighted by Gasteiger charge is 2.40. The van der Waals surface area contributed by atoms with Crippen molar-refractivity contribution in [1.82, 2.24) is 0 Å². The Morgan fingerprint density at radius 2 is 0.853 bits per heavy atom. The number of hydrogen-bond acceptors (Lipinski definition) is 3. The Bertz CT molecular complexity index is 867. The smallest absolute Gasteiger partial charge is 0.416 e. The summed E-state index contributed by atoms with van der Waals surface area (Å²) in [5.41, 5.74) is 2.75. The van der Waals surface area contributed by atoms with Crippen LogP contribution in [-0.4, -0.2) is 5.66 Å². The van der Waals surface area contributed by atoms with Gasteiger partial charge >= 0.3 is 7.60 Å². The van der Waals surface area contributed by atoms with Crippen LogP contribution in [0.2, 0.25) is 0 Å². The van der Waals surface area contributed by atoms with Crippen LogP contribution < -0.4 is 9.05 Å². The molecule has 0 atom stereocenters. The van der Waals surface area contributed by atoms with E-state index >= 15 is 0 Å². The van der Waals surface area contributed by atoms with Crippen molar-refractivity contribution in [2.45, 2.75) is 114 Å². The molecule has 2 aromatic carbocycles. The van der Waals surface area contributed by atoms with Gasteiger partial charge in [0.05, 0.1) is 5.66 Å². The average Bonchev–Trinajstić information content (AvgIpc) is 2.91. The maximum absolute atomic E-state index is 14.2. The minimum atomic E-state index is -3.33. The largest absolute Gasteiger partial charge is 0.433 e. The van der Waals surface area contributed by atoms with Crippen molar-refractivity contribution in [2.75, 3.05) is 0 Å². The third kappa shape index (κ3) is 5.91. The molecule has 0 amide bonds. The summed E-state index contributed by atoms with van der Waals surface area (Å²) < 4.78 is 26.8. The van der Waals surface area contributed by atoms with Gasteiger partial charge in [-0.3, -0.25) is 0 Å². The first-order valence-corrected chi connectivity index (χ1v) is 15.5. The van der Waals surface area contributed by atoms with Crippen LogP contribution in [-0.2, 0) is 4.57 Å². The normalized spacial score (nSPS) is 21.3. The Hall–Kier alpha value is -1.73. The van der Waals surface area contributed by atoms with Crippen LogP contribution in [0.25, 0.3) is 0 Å². The Morgan fingerprint density at radius 1 is 0.500 bits per heavy atom. The second-order valence-electron chi connectivity index (χ2n) is 10.8. The summed E-state index contributed by atoms with van der Waals surface area (Å²) in [4.78, 5) is 0. The zero-order chi connectivity index (χ0) is 23.2. The Balaban J connectivity index is 1.31. The monoisotopic (exact) mass is 480 g/mol. The first-order valence-electron chi connectivity index (χ1n) is 13.9. The molecule has 3 saturated carbocycles. The van der Waals surface area contributed by atoms with Crippen molar-refractivity contribution in [3.63, 3.8) is 0 Å². The van der Waals surface area contributed by atoms with Crippen LogP contribution in [0.4, 0.5) is 0 Å². The van der Waals surface area contributed by atoms with Crippen molar-refractivity contribution >= 4 is 7.60 Å². The Kier molecular flexibility index (Phi) is 8.00. The maximum Gasteiger partial charge on any atom is 0.433 e. The van der Waals surface area contributed by atoms with E-state index in [1.165, 1.54) is 81.8 Å². The lowest BCUT2D eigenvalue weighted by Crippen LogP contribution is -2.20. The summed E-state index contributed by atoms with van der Waals surface area (Å²) >= 11 is 0. The molecular weight excluding hydrogens is 439 g/mol. The molecule has 2 aromatic rings. The minimum absolute atomic E-state index is 0.0303. The molecule has 3 aliphatic rings. The Labute approximate surface area is 206 Å². The summed E-state index contributed by atoms with van der Waals surface area (Å²) in [6, 6.07) is 16.7. The van der Waals surface area contributed by atoms with Crippen molar-refractivity contribution in [3.8, 4) is 11.5 Å². The molecular formula is C30H41O3P. The van der Waals surface area contributed by atoms with Gasteiger partial charge in [0.25, 0.3) is 0 Å². The van der Waals surface area contributed by atoms with Crippen LogP contribution in [0.15, 0.2) is 48.5 Å². The van der Waals surface area contributed by atoms with Gasteiger partial charge in [0.15, 0.2) is 0 Å². The lowest BCUT2D eigenvalue weighted by atomic mass is 9.84. The molecule has 0 radical (unpaired) electrons. The number of benzene rings is 2. The van der Waals surface area contributed by atoms with Gasteiger partial charge in [0.1, 0.15) is 11.5 Å². The molecule has 0 spiro atoms. The van der Waals surface area contributed by atoms with E-state index in [1.54, 1.807) is 0 Å².